The van der Waals surface area contributed by atoms with E-state index in [-0.39, 0.29) is 0 Å². The minimum atomic E-state index is -0.421. The lowest BCUT2D eigenvalue weighted by Gasteiger charge is -2.34. The average molecular weight is 258 g/mol. The molecule has 19 heavy (non-hydrogen) atoms. The molecule has 1 fully saturated rings. The van der Waals surface area contributed by atoms with Gasteiger partial charge in [0.15, 0.2) is 0 Å². The van der Waals surface area contributed by atoms with Gasteiger partial charge in [0.2, 0.25) is 0 Å². The van der Waals surface area contributed by atoms with Gasteiger partial charge in [-0.3, -0.25) is 0 Å². The number of hydrogen-bond donors (Lipinski definition) is 1. The fraction of sp³-hybridized carbons (Fsp3) is 0.562. The number of aliphatic hydroxyl groups is 1. The van der Waals surface area contributed by atoms with Crippen molar-refractivity contribution in [3.63, 3.8) is 0 Å². The predicted molar refractivity (Wildman–Crippen MR) is 75.8 cm³/mol. The van der Waals surface area contributed by atoms with Crippen LogP contribution >= 0.6 is 0 Å². The Balaban J connectivity index is 1.81. The Morgan fingerprint density at radius 3 is 2.84 bits per heavy atom. The summed E-state index contributed by atoms with van der Waals surface area (Å²) in [5.41, 5.74) is 1.73. The maximum Gasteiger partial charge on any atom is 0.137 e. The average Bonchev–Trinajstić information content (AvgIpc) is 2.85. The van der Waals surface area contributed by atoms with E-state index >= 15 is 0 Å². The van der Waals surface area contributed by atoms with Crippen molar-refractivity contribution in [2.24, 2.45) is 17.8 Å². The van der Waals surface area contributed by atoms with Crippen molar-refractivity contribution in [3.8, 4) is 0 Å². The van der Waals surface area contributed by atoms with Crippen molar-refractivity contribution in [2.45, 2.75) is 39.2 Å². The maximum absolute atomic E-state index is 10.6. The number of hydrogen-bond acceptors (Lipinski definition) is 2. The molecular formula is C16H22N2O. The highest BCUT2D eigenvalue weighted by molar-refractivity contribution is 5.39. The summed E-state index contributed by atoms with van der Waals surface area (Å²) in [5.74, 6) is 1.84. The van der Waals surface area contributed by atoms with Gasteiger partial charge in [-0.15, -0.1) is 0 Å². The van der Waals surface area contributed by atoms with Gasteiger partial charge < -0.3 is 9.51 Å². The third kappa shape index (κ3) is 2.39. The highest BCUT2D eigenvalue weighted by Crippen LogP contribution is 2.39. The van der Waals surface area contributed by atoms with Crippen LogP contribution in [0.1, 0.15) is 44.9 Å². The van der Waals surface area contributed by atoms with Crippen LogP contribution in [0.4, 0.5) is 0 Å². The number of rotatable bonds is 2. The van der Waals surface area contributed by atoms with Crippen LogP contribution in [0.25, 0.3) is 5.65 Å². The van der Waals surface area contributed by atoms with Gasteiger partial charge in [-0.05, 0) is 42.7 Å². The molecule has 102 valence electrons. The van der Waals surface area contributed by atoms with Crippen molar-refractivity contribution in [3.05, 3.63) is 36.3 Å². The van der Waals surface area contributed by atoms with E-state index in [4.69, 9.17) is 0 Å². The van der Waals surface area contributed by atoms with E-state index < -0.39 is 6.10 Å². The van der Waals surface area contributed by atoms with Gasteiger partial charge in [0, 0.05) is 12.4 Å². The Hall–Kier alpha value is -1.35. The summed E-state index contributed by atoms with van der Waals surface area (Å²) >= 11 is 0. The second-order valence-electron chi connectivity index (χ2n) is 6.10. The van der Waals surface area contributed by atoms with Crippen LogP contribution in [0.2, 0.25) is 0 Å². The Morgan fingerprint density at radius 2 is 2.11 bits per heavy atom. The Labute approximate surface area is 114 Å². The highest BCUT2D eigenvalue weighted by atomic mass is 16.3. The van der Waals surface area contributed by atoms with Crippen LogP contribution in [0.15, 0.2) is 30.6 Å². The van der Waals surface area contributed by atoms with Crippen LogP contribution in [0, 0.1) is 17.8 Å². The molecule has 2 heterocycles. The summed E-state index contributed by atoms with van der Waals surface area (Å²) < 4.78 is 1.98. The number of pyridine rings is 1. The smallest absolute Gasteiger partial charge is 0.137 e. The largest absolute Gasteiger partial charge is 0.386 e. The van der Waals surface area contributed by atoms with Crippen molar-refractivity contribution in [1.29, 1.82) is 0 Å². The van der Waals surface area contributed by atoms with Crippen LogP contribution in [-0.2, 0) is 0 Å². The van der Waals surface area contributed by atoms with E-state index in [1.54, 1.807) is 0 Å². The molecule has 0 aromatic carbocycles. The molecule has 1 N–H and O–H groups in total. The summed E-state index contributed by atoms with van der Waals surface area (Å²) in [4.78, 5) is 4.54. The molecule has 3 nitrogen and oxygen atoms in total. The van der Waals surface area contributed by atoms with Gasteiger partial charge in [0.25, 0.3) is 0 Å². The fourth-order valence-corrected chi connectivity index (χ4v) is 3.21. The number of aliphatic hydroxyl groups excluding tert-OH is 1. The first kappa shape index (κ1) is 12.7. The second-order valence-corrected chi connectivity index (χ2v) is 6.10. The molecule has 0 bridgehead atoms. The first-order chi connectivity index (χ1) is 9.15. The molecule has 2 aromatic rings. The quantitative estimate of drug-likeness (QED) is 0.896. The summed E-state index contributed by atoms with van der Waals surface area (Å²) in [6, 6.07) is 5.93. The van der Waals surface area contributed by atoms with Crippen molar-refractivity contribution in [2.75, 3.05) is 0 Å². The van der Waals surface area contributed by atoms with E-state index in [1.165, 1.54) is 6.42 Å². The van der Waals surface area contributed by atoms with E-state index in [1.807, 2.05) is 35.0 Å². The zero-order valence-electron chi connectivity index (χ0n) is 11.7. The van der Waals surface area contributed by atoms with Gasteiger partial charge in [0.05, 0.1) is 5.69 Å². The predicted octanol–water partition coefficient (Wildman–Crippen LogP) is 3.44. The normalized spacial score (nSPS) is 29.5. The highest BCUT2D eigenvalue weighted by Gasteiger charge is 2.31. The van der Waals surface area contributed by atoms with Crippen molar-refractivity contribution in [1.82, 2.24) is 9.38 Å². The second kappa shape index (κ2) is 4.97. The lowest BCUT2D eigenvalue weighted by atomic mass is 9.73. The van der Waals surface area contributed by atoms with Crippen LogP contribution in [0.3, 0.4) is 0 Å². The Kier molecular flexibility index (Phi) is 3.31. The molecule has 0 aliphatic heterocycles. The summed E-state index contributed by atoms with van der Waals surface area (Å²) in [6.07, 6.45) is 6.95. The van der Waals surface area contributed by atoms with Gasteiger partial charge in [-0.1, -0.05) is 26.3 Å². The molecule has 1 aliphatic carbocycles. The van der Waals surface area contributed by atoms with E-state index in [2.05, 4.69) is 18.8 Å². The zero-order chi connectivity index (χ0) is 13.4. The lowest BCUT2D eigenvalue weighted by molar-refractivity contribution is 0.0535. The van der Waals surface area contributed by atoms with Gasteiger partial charge >= 0.3 is 0 Å². The van der Waals surface area contributed by atoms with Crippen LogP contribution in [-0.4, -0.2) is 14.5 Å². The number of nitrogens with zero attached hydrogens (tertiary/aromatic N) is 2. The van der Waals surface area contributed by atoms with E-state index in [9.17, 15) is 5.11 Å². The first-order valence-electron chi connectivity index (χ1n) is 7.27. The molecule has 0 amide bonds. The van der Waals surface area contributed by atoms with Gasteiger partial charge in [0.1, 0.15) is 11.8 Å². The van der Waals surface area contributed by atoms with Crippen LogP contribution in [0.5, 0.6) is 0 Å². The van der Waals surface area contributed by atoms with Crippen molar-refractivity contribution >= 4 is 5.65 Å². The molecule has 0 radical (unpaired) electrons. The summed E-state index contributed by atoms with van der Waals surface area (Å²) in [6.45, 7) is 4.62. The van der Waals surface area contributed by atoms with Gasteiger partial charge in [-0.25, -0.2) is 4.98 Å². The first-order valence-corrected chi connectivity index (χ1v) is 7.27. The lowest BCUT2D eigenvalue weighted by Crippen LogP contribution is -2.25. The minimum absolute atomic E-state index is 0.358. The molecule has 1 aliphatic rings. The number of aromatic nitrogens is 2. The standard InChI is InChI=1S/C16H22N2O/c1-11-6-7-13(9-12(11)2)16(19)14-10-18-8-4-3-5-15(18)17-14/h3-5,8,10-13,16,19H,6-7,9H2,1-2H3. The maximum atomic E-state index is 10.6. The Bertz CT molecular complexity index is 530. The molecule has 0 spiro atoms. The van der Waals surface area contributed by atoms with E-state index in [0.717, 1.165) is 30.1 Å². The summed E-state index contributed by atoms with van der Waals surface area (Å²) in [7, 11) is 0. The topological polar surface area (TPSA) is 37.5 Å². The molecule has 2 aromatic heterocycles. The molecule has 4 unspecified atom stereocenters. The molecule has 3 heteroatoms. The SMILES string of the molecule is CC1CCC(C(O)c2cn3ccccc3n2)CC1C. The molecule has 3 rings (SSSR count). The van der Waals surface area contributed by atoms with Crippen molar-refractivity contribution < 1.29 is 5.11 Å². The number of imidazole rings is 1. The van der Waals surface area contributed by atoms with E-state index in [0.29, 0.717) is 11.8 Å². The zero-order valence-corrected chi connectivity index (χ0v) is 11.7. The molecular weight excluding hydrogens is 236 g/mol. The Morgan fingerprint density at radius 1 is 1.26 bits per heavy atom. The van der Waals surface area contributed by atoms with Crippen LogP contribution < -0.4 is 0 Å². The number of fused-ring (bicyclic) bond motifs is 1. The molecule has 4 atom stereocenters. The summed E-state index contributed by atoms with van der Waals surface area (Å²) in [5, 5.41) is 10.6. The third-order valence-electron chi connectivity index (χ3n) is 4.77. The van der Waals surface area contributed by atoms with Gasteiger partial charge in [-0.2, -0.15) is 0 Å². The molecule has 1 saturated carbocycles. The minimum Gasteiger partial charge on any atom is -0.386 e. The third-order valence-corrected chi connectivity index (χ3v) is 4.77. The monoisotopic (exact) mass is 258 g/mol. The molecule has 0 saturated heterocycles. The fourth-order valence-electron chi connectivity index (χ4n) is 3.21.